The van der Waals surface area contributed by atoms with Crippen molar-refractivity contribution in [3.8, 4) is 39.6 Å². The third kappa shape index (κ3) is 3.69. The summed E-state index contributed by atoms with van der Waals surface area (Å²) >= 11 is 0. The highest BCUT2D eigenvalue weighted by Crippen LogP contribution is 2.41. The Labute approximate surface area is 272 Å². The van der Waals surface area contributed by atoms with Gasteiger partial charge in [-0.3, -0.25) is 0 Å². The largest absolute Gasteiger partial charge is 0.456 e. The van der Waals surface area contributed by atoms with E-state index in [1.54, 1.807) is 0 Å². The molecular weight excluding hydrogens is 591 g/mol. The van der Waals surface area contributed by atoms with Crippen LogP contribution in [0.15, 0.2) is 144 Å². The number of hydrogen-bond acceptors (Lipinski definition) is 3. The first kappa shape index (κ1) is 26.4. The maximum atomic E-state index is 6.37. The monoisotopic (exact) mass is 619 g/mol. The standard InChI is InChI=1S/C42H29N3OSi/c1-47(2)36-22-11-8-19-32(36)39-41(47)38(43-42(44-39)26-13-4-3-5-14-26)27-15-12-16-28(25-27)45-33-20-9-6-17-29(33)30-23-24-35-37(40(30)45)31-18-7-10-21-34(31)46-35/h3-25H,1-2H3. The summed E-state index contributed by atoms with van der Waals surface area (Å²) in [5, 5.41) is 7.42. The molecule has 0 N–H and O–H groups in total. The Bertz CT molecular complexity index is 2720. The van der Waals surface area contributed by atoms with E-state index >= 15 is 0 Å². The van der Waals surface area contributed by atoms with Crippen LogP contribution in [0.2, 0.25) is 13.1 Å². The van der Waals surface area contributed by atoms with Gasteiger partial charge in [-0.05, 0) is 52.3 Å². The predicted molar refractivity (Wildman–Crippen MR) is 197 cm³/mol. The van der Waals surface area contributed by atoms with Crippen LogP contribution in [0.4, 0.5) is 0 Å². The van der Waals surface area contributed by atoms with Gasteiger partial charge in [0.2, 0.25) is 0 Å². The van der Waals surface area contributed by atoms with Crippen molar-refractivity contribution in [3.05, 3.63) is 140 Å². The van der Waals surface area contributed by atoms with Crippen molar-refractivity contribution in [2.24, 2.45) is 0 Å². The maximum Gasteiger partial charge on any atom is 0.160 e. The van der Waals surface area contributed by atoms with Crippen LogP contribution in [0.5, 0.6) is 0 Å². The van der Waals surface area contributed by atoms with Crippen molar-refractivity contribution in [2.75, 3.05) is 0 Å². The lowest BCUT2D eigenvalue weighted by Gasteiger charge is -2.22. The third-order valence-electron chi connectivity index (χ3n) is 9.97. The number of rotatable bonds is 3. The Hall–Kier alpha value is -5.78. The molecule has 5 heteroatoms. The van der Waals surface area contributed by atoms with Gasteiger partial charge in [-0.15, -0.1) is 0 Å². The molecule has 0 aliphatic carbocycles. The average Bonchev–Trinajstić information content (AvgIpc) is 3.74. The molecule has 4 heterocycles. The predicted octanol–water partition coefficient (Wildman–Crippen LogP) is 9.61. The lowest BCUT2D eigenvalue weighted by atomic mass is 10.1. The number of nitrogens with zero attached hydrogens (tertiary/aromatic N) is 3. The second-order valence-electron chi connectivity index (χ2n) is 13.0. The van der Waals surface area contributed by atoms with Crippen LogP contribution in [0.1, 0.15) is 0 Å². The zero-order valence-electron chi connectivity index (χ0n) is 26.0. The topological polar surface area (TPSA) is 43.9 Å². The molecule has 0 spiro atoms. The van der Waals surface area contributed by atoms with E-state index < -0.39 is 8.07 Å². The fourth-order valence-corrected chi connectivity index (χ4v) is 11.1. The van der Waals surface area contributed by atoms with Crippen molar-refractivity contribution < 1.29 is 4.42 Å². The highest BCUT2D eigenvalue weighted by molar-refractivity contribution is 7.04. The van der Waals surface area contributed by atoms with E-state index in [0.717, 1.165) is 67.0 Å². The van der Waals surface area contributed by atoms with Gasteiger partial charge in [-0.2, -0.15) is 0 Å². The number of furan rings is 1. The molecular formula is C42H29N3OSi. The second-order valence-corrected chi connectivity index (χ2v) is 17.3. The smallest absolute Gasteiger partial charge is 0.160 e. The van der Waals surface area contributed by atoms with E-state index in [4.69, 9.17) is 14.4 Å². The maximum absolute atomic E-state index is 6.37. The highest BCUT2D eigenvalue weighted by atomic mass is 28.3. The van der Waals surface area contributed by atoms with Gasteiger partial charge in [0, 0.05) is 33.0 Å². The summed E-state index contributed by atoms with van der Waals surface area (Å²) < 4.78 is 8.79. The fraction of sp³-hybridized carbons (Fsp3) is 0.0476. The van der Waals surface area contributed by atoms with Crippen molar-refractivity contribution >= 4 is 62.2 Å². The van der Waals surface area contributed by atoms with Gasteiger partial charge in [0.25, 0.3) is 0 Å². The lowest BCUT2D eigenvalue weighted by Crippen LogP contribution is -2.50. The van der Waals surface area contributed by atoms with Crippen molar-refractivity contribution in [2.45, 2.75) is 13.1 Å². The average molecular weight is 620 g/mol. The molecule has 0 saturated heterocycles. The molecule has 3 aromatic heterocycles. The molecule has 222 valence electrons. The molecule has 1 aliphatic rings. The summed E-state index contributed by atoms with van der Waals surface area (Å²) in [5.74, 6) is 0.759. The van der Waals surface area contributed by atoms with Gasteiger partial charge in [0.05, 0.1) is 27.8 Å². The minimum Gasteiger partial charge on any atom is -0.456 e. The first-order valence-electron chi connectivity index (χ1n) is 16.1. The highest BCUT2D eigenvalue weighted by Gasteiger charge is 2.41. The minimum atomic E-state index is -2.11. The molecule has 0 radical (unpaired) electrons. The first-order valence-corrected chi connectivity index (χ1v) is 19.1. The van der Waals surface area contributed by atoms with Gasteiger partial charge < -0.3 is 8.98 Å². The van der Waals surface area contributed by atoms with E-state index in [-0.39, 0.29) is 0 Å². The number of para-hydroxylation sites is 2. The summed E-state index contributed by atoms with van der Waals surface area (Å²) in [4.78, 5) is 10.7. The molecule has 0 fully saturated rings. The van der Waals surface area contributed by atoms with Crippen molar-refractivity contribution in [3.63, 3.8) is 0 Å². The van der Waals surface area contributed by atoms with Crippen LogP contribution < -0.4 is 10.4 Å². The minimum absolute atomic E-state index is 0.759. The first-order chi connectivity index (χ1) is 23.1. The molecule has 4 nitrogen and oxygen atoms in total. The molecule has 0 saturated carbocycles. The zero-order valence-corrected chi connectivity index (χ0v) is 27.0. The molecule has 0 atom stereocenters. The van der Waals surface area contributed by atoms with E-state index in [0.29, 0.717) is 0 Å². The van der Waals surface area contributed by atoms with Crippen molar-refractivity contribution in [1.29, 1.82) is 0 Å². The van der Waals surface area contributed by atoms with Crippen LogP contribution >= 0.6 is 0 Å². The molecule has 47 heavy (non-hydrogen) atoms. The molecule has 0 unspecified atom stereocenters. The van der Waals surface area contributed by atoms with Crippen molar-refractivity contribution in [1.82, 2.24) is 14.5 Å². The molecule has 10 rings (SSSR count). The quantitative estimate of drug-likeness (QED) is 0.185. The van der Waals surface area contributed by atoms with Gasteiger partial charge >= 0.3 is 0 Å². The Kier molecular flexibility index (Phi) is 5.41. The summed E-state index contributed by atoms with van der Waals surface area (Å²) in [6, 6.07) is 49.5. The number of hydrogen-bond donors (Lipinski definition) is 0. The Balaban J connectivity index is 1.28. The molecule has 0 bridgehead atoms. The normalized spacial score (nSPS) is 13.5. The van der Waals surface area contributed by atoms with E-state index in [2.05, 4.69) is 145 Å². The number of fused-ring (bicyclic) bond motifs is 10. The molecule has 1 aliphatic heterocycles. The van der Waals surface area contributed by atoms with Crippen LogP contribution in [0.3, 0.4) is 0 Å². The van der Waals surface area contributed by atoms with Gasteiger partial charge in [0.1, 0.15) is 19.2 Å². The van der Waals surface area contributed by atoms with Crippen LogP contribution in [0, 0.1) is 0 Å². The fourth-order valence-electron chi connectivity index (χ4n) is 7.87. The third-order valence-corrected chi connectivity index (χ3v) is 13.5. The van der Waals surface area contributed by atoms with Crippen LogP contribution in [0.25, 0.3) is 83.3 Å². The number of aromatic nitrogens is 3. The van der Waals surface area contributed by atoms with Gasteiger partial charge in [-0.1, -0.05) is 116 Å². The lowest BCUT2D eigenvalue weighted by molar-refractivity contribution is 0.669. The van der Waals surface area contributed by atoms with Gasteiger partial charge in [-0.25, -0.2) is 9.97 Å². The Morgan fingerprint density at radius 1 is 0.574 bits per heavy atom. The molecule has 6 aromatic carbocycles. The number of benzene rings is 6. The molecule has 9 aromatic rings. The second kappa shape index (κ2) is 9.61. The summed E-state index contributed by atoms with van der Waals surface area (Å²) in [6.07, 6.45) is 0. The Morgan fingerprint density at radius 3 is 2.19 bits per heavy atom. The van der Waals surface area contributed by atoms with Crippen LogP contribution in [-0.2, 0) is 0 Å². The zero-order chi connectivity index (χ0) is 31.3. The van der Waals surface area contributed by atoms with E-state index in [1.807, 2.05) is 12.1 Å². The summed E-state index contributed by atoms with van der Waals surface area (Å²) in [6.45, 7) is 4.87. The summed E-state index contributed by atoms with van der Waals surface area (Å²) in [7, 11) is -2.11. The van der Waals surface area contributed by atoms with Gasteiger partial charge in [0.15, 0.2) is 5.82 Å². The molecule has 0 amide bonds. The summed E-state index contributed by atoms with van der Waals surface area (Å²) in [5.41, 5.74) is 10.7. The van der Waals surface area contributed by atoms with E-state index in [9.17, 15) is 0 Å². The SMILES string of the molecule is C[Si]1(C)c2ccccc2-c2nc(-c3ccccc3)nc(-c3cccc(-n4c5ccccc5c5ccc6oc7ccccc7c6c54)c3)c21. The van der Waals surface area contributed by atoms with E-state index in [1.165, 1.54) is 26.7 Å². The van der Waals surface area contributed by atoms with Crippen LogP contribution in [-0.4, -0.2) is 22.6 Å². The Morgan fingerprint density at radius 2 is 1.30 bits per heavy atom.